The van der Waals surface area contributed by atoms with Crippen molar-refractivity contribution in [2.24, 2.45) is 5.73 Å². The molecule has 1 rings (SSSR count). The lowest BCUT2D eigenvalue weighted by Gasteiger charge is -2.20. The SMILES string of the molecule is CN(CCC(N)=S)C(=O)NC1CCCC1. The number of rotatable bonds is 4. The third-order valence-electron chi connectivity index (χ3n) is 2.72. The second-order valence-electron chi connectivity index (χ2n) is 4.07. The van der Waals surface area contributed by atoms with Crippen LogP contribution in [0.15, 0.2) is 0 Å². The quantitative estimate of drug-likeness (QED) is 0.713. The average Bonchev–Trinajstić information content (AvgIpc) is 2.66. The Morgan fingerprint density at radius 3 is 2.67 bits per heavy atom. The van der Waals surface area contributed by atoms with Crippen LogP contribution in [0.25, 0.3) is 0 Å². The number of carbonyl (C=O) groups excluding carboxylic acids is 1. The van der Waals surface area contributed by atoms with E-state index in [9.17, 15) is 4.79 Å². The molecule has 3 N–H and O–H groups in total. The van der Waals surface area contributed by atoms with Gasteiger partial charge in [0.2, 0.25) is 0 Å². The fourth-order valence-electron chi connectivity index (χ4n) is 1.73. The van der Waals surface area contributed by atoms with Crippen LogP contribution in [0.3, 0.4) is 0 Å². The second-order valence-corrected chi connectivity index (χ2v) is 4.59. The number of hydrogen-bond donors (Lipinski definition) is 2. The van der Waals surface area contributed by atoms with Gasteiger partial charge in [0.05, 0.1) is 4.99 Å². The van der Waals surface area contributed by atoms with Crippen molar-refractivity contribution in [2.45, 2.75) is 38.1 Å². The first kappa shape index (κ1) is 12.2. The van der Waals surface area contributed by atoms with Crippen molar-refractivity contribution in [1.29, 1.82) is 0 Å². The predicted octanol–water partition coefficient (Wildman–Crippen LogP) is 1.25. The molecule has 1 aliphatic rings. The molecule has 0 radical (unpaired) electrons. The van der Waals surface area contributed by atoms with Gasteiger partial charge in [-0.15, -0.1) is 0 Å². The van der Waals surface area contributed by atoms with Gasteiger partial charge in [-0.25, -0.2) is 4.79 Å². The number of thiocarbonyl (C=S) groups is 1. The number of carbonyl (C=O) groups is 1. The van der Waals surface area contributed by atoms with Gasteiger partial charge in [0.15, 0.2) is 0 Å². The summed E-state index contributed by atoms with van der Waals surface area (Å²) in [6.07, 6.45) is 5.25. The van der Waals surface area contributed by atoms with Crippen LogP contribution >= 0.6 is 12.2 Å². The van der Waals surface area contributed by atoms with Crippen molar-refractivity contribution in [3.05, 3.63) is 0 Å². The van der Waals surface area contributed by atoms with Crippen molar-refractivity contribution in [3.8, 4) is 0 Å². The summed E-state index contributed by atoms with van der Waals surface area (Å²) in [6, 6.07) is 0.350. The minimum atomic E-state index is -0.0156. The van der Waals surface area contributed by atoms with Crippen LogP contribution < -0.4 is 11.1 Å². The molecule has 0 aromatic carbocycles. The summed E-state index contributed by atoms with van der Waals surface area (Å²) >= 11 is 4.76. The van der Waals surface area contributed by atoms with Gasteiger partial charge in [-0.2, -0.15) is 0 Å². The van der Waals surface area contributed by atoms with Gasteiger partial charge in [-0.05, 0) is 12.8 Å². The largest absolute Gasteiger partial charge is 0.393 e. The number of nitrogens with zero attached hydrogens (tertiary/aromatic N) is 1. The van der Waals surface area contributed by atoms with Gasteiger partial charge < -0.3 is 16.0 Å². The van der Waals surface area contributed by atoms with Crippen molar-refractivity contribution < 1.29 is 4.79 Å². The zero-order valence-corrected chi connectivity index (χ0v) is 9.98. The molecule has 15 heavy (non-hydrogen) atoms. The molecule has 0 bridgehead atoms. The highest BCUT2D eigenvalue weighted by Crippen LogP contribution is 2.17. The van der Waals surface area contributed by atoms with E-state index in [4.69, 9.17) is 18.0 Å². The van der Waals surface area contributed by atoms with E-state index in [1.54, 1.807) is 11.9 Å². The number of amides is 2. The molecule has 1 saturated carbocycles. The highest BCUT2D eigenvalue weighted by molar-refractivity contribution is 7.80. The Balaban J connectivity index is 2.22. The van der Waals surface area contributed by atoms with Crippen LogP contribution in [-0.4, -0.2) is 35.6 Å². The monoisotopic (exact) mass is 229 g/mol. The van der Waals surface area contributed by atoms with E-state index >= 15 is 0 Å². The molecule has 0 aromatic heterocycles. The zero-order chi connectivity index (χ0) is 11.3. The Morgan fingerprint density at radius 2 is 2.13 bits per heavy atom. The van der Waals surface area contributed by atoms with Gasteiger partial charge in [0.25, 0.3) is 0 Å². The average molecular weight is 229 g/mol. The molecule has 5 heteroatoms. The Labute approximate surface area is 96.2 Å². The van der Waals surface area contributed by atoms with Crippen LogP contribution in [0.2, 0.25) is 0 Å². The maximum Gasteiger partial charge on any atom is 0.317 e. The molecule has 0 aromatic rings. The Kier molecular flexibility index (Phi) is 4.81. The van der Waals surface area contributed by atoms with Crippen LogP contribution in [0.4, 0.5) is 4.79 Å². The molecule has 0 atom stereocenters. The third-order valence-corrected chi connectivity index (χ3v) is 2.93. The molecule has 4 nitrogen and oxygen atoms in total. The molecule has 0 unspecified atom stereocenters. The van der Waals surface area contributed by atoms with Crippen LogP contribution in [0, 0.1) is 0 Å². The lowest BCUT2D eigenvalue weighted by atomic mass is 10.2. The Hall–Kier alpha value is -0.840. The van der Waals surface area contributed by atoms with Crippen molar-refractivity contribution in [1.82, 2.24) is 10.2 Å². The van der Waals surface area contributed by atoms with Crippen LogP contribution in [-0.2, 0) is 0 Å². The lowest BCUT2D eigenvalue weighted by Crippen LogP contribution is -2.42. The first-order valence-electron chi connectivity index (χ1n) is 5.39. The summed E-state index contributed by atoms with van der Waals surface area (Å²) < 4.78 is 0. The van der Waals surface area contributed by atoms with E-state index in [2.05, 4.69) is 5.32 Å². The number of nitrogens with two attached hydrogens (primary N) is 1. The van der Waals surface area contributed by atoms with Gasteiger partial charge in [0.1, 0.15) is 0 Å². The fourth-order valence-corrected chi connectivity index (χ4v) is 1.83. The van der Waals surface area contributed by atoms with E-state index in [0.29, 0.717) is 24.0 Å². The first-order chi connectivity index (χ1) is 7.09. The van der Waals surface area contributed by atoms with Gasteiger partial charge in [-0.1, -0.05) is 25.1 Å². The van der Waals surface area contributed by atoms with E-state index in [1.165, 1.54) is 12.8 Å². The first-order valence-corrected chi connectivity index (χ1v) is 5.80. The summed E-state index contributed by atoms with van der Waals surface area (Å²) in [5.41, 5.74) is 5.38. The lowest BCUT2D eigenvalue weighted by molar-refractivity contribution is 0.206. The maximum absolute atomic E-state index is 11.6. The summed E-state index contributed by atoms with van der Waals surface area (Å²) in [7, 11) is 1.77. The highest BCUT2D eigenvalue weighted by atomic mass is 32.1. The molecule has 0 aliphatic heterocycles. The smallest absolute Gasteiger partial charge is 0.317 e. The number of hydrogen-bond acceptors (Lipinski definition) is 2. The molecule has 2 amide bonds. The standard InChI is InChI=1S/C10H19N3OS/c1-13(7-6-9(11)15)10(14)12-8-4-2-3-5-8/h8H,2-7H2,1H3,(H2,11,15)(H,12,14). The predicted molar refractivity (Wildman–Crippen MR) is 64.8 cm³/mol. The molecular weight excluding hydrogens is 210 g/mol. The zero-order valence-electron chi connectivity index (χ0n) is 9.16. The van der Waals surface area contributed by atoms with Crippen LogP contribution in [0.5, 0.6) is 0 Å². The second kappa shape index (κ2) is 5.90. The number of nitrogens with one attached hydrogen (secondary N) is 1. The van der Waals surface area contributed by atoms with E-state index < -0.39 is 0 Å². The topological polar surface area (TPSA) is 58.4 Å². The highest BCUT2D eigenvalue weighted by Gasteiger charge is 2.18. The third kappa shape index (κ3) is 4.46. The minimum Gasteiger partial charge on any atom is -0.393 e. The van der Waals surface area contributed by atoms with Crippen LogP contribution in [0.1, 0.15) is 32.1 Å². The van der Waals surface area contributed by atoms with Crippen molar-refractivity contribution >= 4 is 23.2 Å². The molecular formula is C10H19N3OS. The summed E-state index contributed by atoms with van der Waals surface area (Å²) in [4.78, 5) is 13.7. The molecule has 86 valence electrons. The number of urea groups is 1. The molecule has 1 aliphatic carbocycles. The Bertz CT molecular complexity index is 239. The summed E-state index contributed by atoms with van der Waals surface area (Å²) in [5, 5.41) is 3.01. The summed E-state index contributed by atoms with van der Waals surface area (Å²) in [5.74, 6) is 0. The minimum absolute atomic E-state index is 0.0156. The van der Waals surface area contributed by atoms with Gasteiger partial charge >= 0.3 is 6.03 Å². The van der Waals surface area contributed by atoms with E-state index in [1.807, 2.05) is 0 Å². The van der Waals surface area contributed by atoms with E-state index in [0.717, 1.165) is 12.8 Å². The van der Waals surface area contributed by atoms with E-state index in [-0.39, 0.29) is 6.03 Å². The van der Waals surface area contributed by atoms with Gasteiger partial charge in [0, 0.05) is 26.1 Å². The maximum atomic E-state index is 11.6. The van der Waals surface area contributed by atoms with Crippen molar-refractivity contribution in [2.75, 3.05) is 13.6 Å². The normalized spacial score (nSPS) is 16.3. The molecule has 0 saturated heterocycles. The Morgan fingerprint density at radius 1 is 1.53 bits per heavy atom. The van der Waals surface area contributed by atoms with Crippen molar-refractivity contribution in [3.63, 3.8) is 0 Å². The fraction of sp³-hybridized carbons (Fsp3) is 0.800. The molecule has 0 spiro atoms. The van der Waals surface area contributed by atoms with Gasteiger partial charge in [-0.3, -0.25) is 0 Å². The molecule has 1 fully saturated rings. The summed E-state index contributed by atoms with van der Waals surface area (Å²) in [6.45, 7) is 0.591. The molecule has 0 heterocycles.